The number of fused-ring (bicyclic) bond motifs is 2. The lowest BCUT2D eigenvalue weighted by molar-refractivity contribution is 0.0704. The third-order valence-electron chi connectivity index (χ3n) is 7.17. The molecule has 3 aromatic rings. The van der Waals surface area contributed by atoms with Gasteiger partial charge in [0.05, 0.1) is 5.41 Å². The second-order valence-corrected chi connectivity index (χ2v) is 9.54. The van der Waals surface area contributed by atoms with Crippen molar-refractivity contribution in [1.82, 2.24) is 9.80 Å². The number of ether oxygens (including phenoxy) is 1. The van der Waals surface area contributed by atoms with Crippen molar-refractivity contribution in [3.8, 4) is 5.75 Å². The topological polar surface area (TPSA) is 38.3 Å². The molecule has 1 N–H and O–H groups in total. The van der Waals surface area contributed by atoms with Crippen molar-refractivity contribution in [2.45, 2.75) is 18.3 Å². The van der Waals surface area contributed by atoms with E-state index in [1.807, 2.05) is 42.5 Å². The minimum atomic E-state index is -0.853. The van der Waals surface area contributed by atoms with E-state index in [1.54, 1.807) is 6.07 Å². The number of benzene rings is 3. The third kappa shape index (κ3) is 3.90. The Morgan fingerprint density at radius 3 is 2.41 bits per heavy atom. The van der Waals surface area contributed by atoms with E-state index >= 15 is 0 Å². The van der Waals surface area contributed by atoms with E-state index in [9.17, 15) is 13.6 Å². The molecule has 1 fully saturated rings. The van der Waals surface area contributed by atoms with Crippen molar-refractivity contribution in [2.24, 2.45) is 0 Å². The quantitative estimate of drug-likeness (QED) is 0.488. The number of amides is 1. The summed E-state index contributed by atoms with van der Waals surface area (Å²) in [5.41, 5.74) is 0.923. The van der Waals surface area contributed by atoms with Crippen LogP contribution in [0.15, 0.2) is 66.7 Å². The van der Waals surface area contributed by atoms with Gasteiger partial charge in [0.1, 0.15) is 42.8 Å². The highest BCUT2D eigenvalue weighted by molar-refractivity contribution is 6.30. The van der Waals surface area contributed by atoms with E-state index in [4.69, 9.17) is 16.3 Å². The van der Waals surface area contributed by atoms with Gasteiger partial charge in [0, 0.05) is 16.7 Å². The number of hydrogen-bond acceptors (Lipinski definition) is 3. The van der Waals surface area contributed by atoms with Gasteiger partial charge in [0.15, 0.2) is 5.56 Å². The summed E-state index contributed by atoms with van der Waals surface area (Å²) < 4.78 is 35.5. The van der Waals surface area contributed by atoms with Crippen molar-refractivity contribution < 1.29 is 18.3 Å². The van der Waals surface area contributed by atoms with Crippen molar-refractivity contribution >= 4 is 23.2 Å². The monoisotopic (exact) mass is 483 g/mol. The molecule has 0 aliphatic carbocycles. The summed E-state index contributed by atoms with van der Waals surface area (Å²) in [6.45, 7) is 2.46. The predicted molar refractivity (Wildman–Crippen MR) is 129 cm³/mol. The zero-order valence-electron chi connectivity index (χ0n) is 18.7. The van der Waals surface area contributed by atoms with Gasteiger partial charge in [-0.2, -0.15) is 0 Å². The fourth-order valence-electron chi connectivity index (χ4n) is 5.56. The predicted octanol–water partition coefficient (Wildman–Crippen LogP) is 5.48. The van der Waals surface area contributed by atoms with Crippen LogP contribution in [0, 0.1) is 11.6 Å². The molecular formula is C27H26ClF2N2O2+. The number of carbonyl (C=O) groups excluding carboxylic acids is 1. The fourth-order valence-corrected chi connectivity index (χ4v) is 5.73. The lowest BCUT2D eigenvalue weighted by Gasteiger charge is -2.37. The summed E-state index contributed by atoms with van der Waals surface area (Å²) in [6.07, 6.45) is 1.62. The normalized spacial score (nSPS) is 20.8. The zero-order valence-corrected chi connectivity index (χ0v) is 19.5. The van der Waals surface area contributed by atoms with Gasteiger partial charge < -0.3 is 10.1 Å². The van der Waals surface area contributed by atoms with E-state index in [0.717, 1.165) is 49.3 Å². The SMILES string of the molecule is O=C(c1c(F)cccc1F)[N+]1(CCOc2ccccc2)CC2(CCNCC2)c2cc(Cl)ccc21. The van der Waals surface area contributed by atoms with Crippen molar-refractivity contribution in [3.05, 3.63) is 94.5 Å². The van der Waals surface area contributed by atoms with Crippen LogP contribution < -0.4 is 14.5 Å². The molecule has 176 valence electrons. The van der Waals surface area contributed by atoms with Gasteiger partial charge in [-0.25, -0.2) is 18.1 Å². The van der Waals surface area contributed by atoms with Gasteiger partial charge in [-0.05, 0) is 62.3 Å². The van der Waals surface area contributed by atoms with Gasteiger partial charge in [0.2, 0.25) is 0 Å². The largest absolute Gasteiger partial charge is 0.488 e. The summed E-state index contributed by atoms with van der Waals surface area (Å²) in [5, 5.41) is 3.97. The molecule has 2 aliphatic rings. The maximum absolute atomic E-state index is 14.9. The molecule has 2 aliphatic heterocycles. The number of quaternary nitrogens is 1. The molecule has 3 aromatic carbocycles. The first-order valence-electron chi connectivity index (χ1n) is 11.5. The van der Waals surface area contributed by atoms with Gasteiger partial charge >= 0.3 is 5.91 Å². The Kier molecular flexibility index (Phi) is 6.15. The molecule has 0 bridgehead atoms. The Morgan fingerprint density at radius 2 is 1.71 bits per heavy atom. The number of nitrogens with zero attached hydrogens (tertiary/aromatic N) is 1. The smallest absolute Gasteiger partial charge is 0.357 e. The van der Waals surface area contributed by atoms with Crippen LogP contribution in [0.5, 0.6) is 5.75 Å². The highest BCUT2D eigenvalue weighted by atomic mass is 35.5. The highest BCUT2D eigenvalue weighted by Gasteiger charge is 2.58. The van der Waals surface area contributed by atoms with Crippen LogP contribution in [-0.4, -0.2) is 38.7 Å². The van der Waals surface area contributed by atoms with Gasteiger partial charge in [-0.3, -0.25) is 0 Å². The van der Waals surface area contributed by atoms with Crippen molar-refractivity contribution in [2.75, 3.05) is 32.8 Å². The number of hydrogen-bond donors (Lipinski definition) is 1. The van der Waals surface area contributed by atoms with Crippen molar-refractivity contribution in [3.63, 3.8) is 0 Å². The summed E-state index contributed by atoms with van der Waals surface area (Å²) in [7, 11) is 0. The van der Waals surface area contributed by atoms with Crippen LogP contribution in [0.2, 0.25) is 5.02 Å². The van der Waals surface area contributed by atoms with Crippen LogP contribution >= 0.6 is 11.6 Å². The Morgan fingerprint density at radius 1 is 1.00 bits per heavy atom. The number of carbonyl (C=O) groups is 1. The van der Waals surface area contributed by atoms with Gasteiger partial charge in [-0.1, -0.05) is 35.9 Å². The Bertz CT molecular complexity index is 1190. The molecule has 1 saturated heterocycles. The van der Waals surface area contributed by atoms with Gasteiger partial charge in [-0.15, -0.1) is 0 Å². The maximum atomic E-state index is 14.9. The molecule has 34 heavy (non-hydrogen) atoms. The number of halogens is 3. The fraction of sp³-hybridized carbons (Fsp3) is 0.296. The number of nitrogens with one attached hydrogen (secondary N) is 1. The first-order chi connectivity index (χ1) is 16.5. The molecule has 5 rings (SSSR count). The Labute approximate surface area is 202 Å². The minimum absolute atomic E-state index is 0.211. The highest BCUT2D eigenvalue weighted by Crippen LogP contribution is 2.51. The Hall–Kier alpha value is -2.80. The summed E-state index contributed by atoms with van der Waals surface area (Å²) in [6, 6.07) is 18.4. The summed E-state index contributed by atoms with van der Waals surface area (Å²) in [5.74, 6) is -1.62. The number of rotatable bonds is 5. The lowest BCUT2D eigenvalue weighted by Crippen LogP contribution is -2.59. The molecule has 4 nitrogen and oxygen atoms in total. The van der Waals surface area contributed by atoms with E-state index in [0.29, 0.717) is 17.3 Å². The first-order valence-corrected chi connectivity index (χ1v) is 11.9. The van der Waals surface area contributed by atoms with Crippen LogP contribution in [0.4, 0.5) is 14.5 Å². The maximum Gasteiger partial charge on any atom is 0.357 e. The number of piperidine rings is 1. The molecule has 2 heterocycles. The number of para-hydroxylation sites is 1. The molecule has 7 heteroatoms. The molecule has 1 unspecified atom stereocenters. The summed E-state index contributed by atoms with van der Waals surface area (Å²) in [4.78, 5) is 14.1. The van der Waals surface area contributed by atoms with Crippen molar-refractivity contribution in [1.29, 1.82) is 0 Å². The molecule has 1 amide bonds. The zero-order chi connectivity index (χ0) is 23.8. The first kappa shape index (κ1) is 23.0. The van der Waals surface area contributed by atoms with E-state index in [2.05, 4.69) is 5.32 Å². The molecule has 1 atom stereocenters. The van der Waals surface area contributed by atoms with Gasteiger partial charge in [0.25, 0.3) is 0 Å². The average molecular weight is 484 g/mol. The average Bonchev–Trinajstić information content (AvgIpc) is 3.09. The molecule has 1 spiro atoms. The van der Waals surface area contributed by atoms with Crippen LogP contribution in [-0.2, 0) is 5.41 Å². The summed E-state index contributed by atoms with van der Waals surface area (Å²) >= 11 is 6.40. The Balaban J connectivity index is 1.62. The van der Waals surface area contributed by atoms with E-state index < -0.39 is 23.1 Å². The third-order valence-corrected chi connectivity index (χ3v) is 7.41. The molecule has 0 radical (unpaired) electrons. The molecular weight excluding hydrogens is 458 g/mol. The minimum Gasteiger partial charge on any atom is -0.488 e. The van der Waals surface area contributed by atoms with Crippen LogP contribution in [0.25, 0.3) is 0 Å². The standard InChI is InChI=1S/C27H26ClF2N2O2/c28-19-9-10-24-21(17-19)27(11-13-31-14-12-27)18-32(24,15-16-34-20-5-2-1-3-6-20)26(33)25-22(29)7-4-8-23(25)30/h1-10,17,31H,11-16,18H2/q+1. The van der Waals surface area contributed by atoms with E-state index in [1.165, 1.54) is 6.07 Å². The molecule has 0 aromatic heterocycles. The second-order valence-electron chi connectivity index (χ2n) is 9.10. The van der Waals surface area contributed by atoms with Crippen LogP contribution in [0.3, 0.4) is 0 Å². The second kappa shape index (κ2) is 9.10. The van der Waals surface area contributed by atoms with Crippen LogP contribution in [0.1, 0.15) is 28.8 Å². The van der Waals surface area contributed by atoms with E-state index in [-0.39, 0.29) is 23.0 Å². The lowest BCUT2D eigenvalue weighted by atomic mass is 9.75. The molecule has 0 saturated carbocycles.